The molecule has 3 amide bonds. The summed E-state index contributed by atoms with van der Waals surface area (Å²) >= 11 is 1.35. The Morgan fingerprint density at radius 1 is 0.685 bits per heavy atom. The van der Waals surface area contributed by atoms with E-state index in [1.54, 1.807) is 87.0 Å². The van der Waals surface area contributed by atoms with Crippen LogP contribution in [0.3, 0.4) is 0 Å². The molecule has 0 saturated heterocycles. The number of thioether (sulfide) groups is 1. The molecule has 0 aliphatic rings. The molecule has 0 bridgehead atoms. The number of ether oxygens (including phenoxy) is 3. The molecule has 1 aromatic heterocycles. The summed E-state index contributed by atoms with van der Waals surface area (Å²) in [5.74, 6) is 1.30. The number of furan rings is 1. The zero-order valence-corrected chi connectivity index (χ0v) is 30.5. The first kappa shape index (κ1) is 37.1. The summed E-state index contributed by atoms with van der Waals surface area (Å²) < 4.78 is 22.4. The van der Waals surface area contributed by atoms with Crippen molar-refractivity contribution in [1.82, 2.24) is 5.32 Å². The largest absolute Gasteiger partial charge is 0.497 e. The molecule has 0 aliphatic carbocycles. The Morgan fingerprint density at radius 3 is 2.07 bits per heavy atom. The summed E-state index contributed by atoms with van der Waals surface area (Å²) in [5, 5.41) is 7.97. The highest BCUT2D eigenvalue weighted by Crippen LogP contribution is 2.38. The molecule has 0 aliphatic heterocycles. The van der Waals surface area contributed by atoms with Gasteiger partial charge in [-0.25, -0.2) is 0 Å². The van der Waals surface area contributed by atoms with Gasteiger partial charge in [-0.05, 0) is 78.4 Å². The molecular formula is C43H37N3O7S. The summed E-state index contributed by atoms with van der Waals surface area (Å²) in [4.78, 5) is 41.5. The summed E-state index contributed by atoms with van der Waals surface area (Å²) in [6.45, 7) is 0. The Labute approximate surface area is 317 Å². The van der Waals surface area contributed by atoms with Crippen molar-refractivity contribution in [2.24, 2.45) is 0 Å². The zero-order chi connectivity index (χ0) is 37.9. The minimum absolute atomic E-state index is 0.0305. The Morgan fingerprint density at radius 2 is 1.37 bits per heavy atom. The van der Waals surface area contributed by atoms with E-state index in [1.165, 1.54) is 24.9 Å². The lowest BCUT2D eigenvalue weighted by Gasteiger charge is -2.19. The number of amides is 3. The summed E-state index contributed by atoms with van der Waals surface area (Å²) in [5.41, 5.74) is 2.85. The van der Waals surface area contributed by atoms with Crippen molar-refractivity contribution < 1.29 is 33.0 Å². The molecule has 1 atom stereocenters. The molecular weight excluding hydrogens is 703 g/mol. The number of hydrogen-bond donors (Lipinski definition) is 3. The molecule has 11 heteroatoms. The van der Waals surface area contributed by atoms with E-state index < -0.39 is 17.1 Å². The van der Waals surface area contributed by atoms with Crippen LogP contribution in [0.15, 0.2) is 155 Å². The third-order valence-electron chi connectivity index (χ3n) is 8.19. The summed E-state index contributed by atoms with van der Waals surface area (Å²) in [7, 11) is 4.67. The van der Waals surface area contributed by atoms with Crippen molar-refractivity contribution in [3.63, 3.8) is 0 Å². The van der Waals surface area contributed by atoms with Crippen LogP contribution in [0.1, 0.15) is 26.9 Å². The molecule has 0 saturated carbocycles. The van der Waals surface area contributed by atoms with E-state index in [2.05, 4.69) is 16.0 Å². The van der Waals surface area contributed by atoms with Crippen LogP contribution in [0.2, 0.25) is 0 Å². The number of nitrogens with one attached hydrogen (secondary N) is 3. The molecule has 5 aromatic carbocycles. The smallest absolute Gasteiger partial charge is 0.272 e. The normalized spacial score (nSPS) is 11.6. The maximum atomic E-state index is 13.8. The fraction of sp³-hybridized carbons (Fsp3) is 0.0930. The van der Waals surface area contributed by atoms with Crippen molar-refractivity contribution in [1.29, 1.82) is 0 Å². The molecule has 0 fully saturated rings. The second-order valence-corrected chi connectivity index (χ2v) is 12.9. The molecule has 6 aromatic rings. The van der Waals surface area contributed by atoms with Crippen molar-refractivity contribution in [3.05, 3.63) is 162 Å². The van der Waals surface area contributed by atoms with Gasteiger partial charge in [0.25, 0.3) is 11.8 Å². The lowest BCUT2D eigenvalue weighted by atomic mass is 10.1. The lowest BCUT2D eigenvalue weighted by molar-refractivity contribution is -0.116. The number of carbonyl (C=O) groups excluding carboxylic acids is 3. The van der Waals surface area contributed by atoms with Gasteiger partial charge in [-0.15, -0.1) is 11.8 Å². The predicted molar refractivity (Wildman–Crippen MR) is 211 cm³/mol. The second kappa shape index (κ2) is 17.7. The van der Waals surface area contributed by atoms with Gasteiger partial charge in [-0.2, -0.15) is 0 Å². The van der Waals surface area contributed by atoms with E-state index in [4.69, 9.17) is 18.6 Å². The van der Waals surface area contributed by atoms with Crippen molar-refractivity contribution in [2.75, 3.05) is 32.0 Å². The molecule has 1 heterocycles. The molecule has 272 valence electrons. The molecule has 0 unspecified atom stereocenters. The average molecular weight is 740 g/mol. The van der Waals surface area contributed by atoms with Crippen LogP contribution in [-0.4, -0.2) is 39.1 Å². The van der Waals surface area contributed by atoms with E-state index in [0.717, 1.165) is 16.0 Å². The monoisotopic (exact) mass is 739 g/mol. The molecule has 3 N–H and O–H groups in total. The predicted octanol–water partition coefficient (Wildman–Crippen LogP) is 8.85. The van der Waals surface area contributed by atoms with E-state index in [1.807, 2.05) is 66.7 Å². The topological polar surface area (TPSA) is 128 Å². The number of methoxy groups -OCH3 is 3. The Hall–Kier alpha value is -6.72. The Bertz CT molecular complexity index is 2250. The quantitative estimate of drug-likeness (QED) is 0.0747. The third-order valence-corrected chi connectivity index (χ3v) is 9.45. The number of anilines is 2. The van der Waals surface area contributed by atoms with Gasteiger partial charge in [0.15, 0.2) is 0 Å². The number of para-hydroxylation sites is 1. The van der Waals surface area contributed by atoms with Gasteiger partial charge in [0.2, 0.25) is 5.91 Å². The van der Waals surface area contributed by atoms with Crippen LogP contribution in [0.4, 0.5) is 11.4 Å². The van der Waals surface area contributed by atoms with Gasteiger partial charge in [0.1, 0.15) is 39.7 Å². The number of benzene rings is 5. The van der Waals surface area contributed by atoms with E-state index in [-0.39, 0.29) is 11.6 Å². The first-order valence-electron chi connectivity index (χ1n) is 16.8. The van der Waals surface area contributed by atoms with E-state index >= 15 is 0 Å². The van der Waals surface area contributed by atoms with Crippen molar-refractivity contribution in [3.8, 4) is 28.6 Å². The third kappa shape index (κ3) is 9.19. The summed E-state index contributed by atoms with van der Waals surface area (Å²) in [6, 6.07) is 41.2. The maximum Gasteiger partial charge on any atom is 0.272 e. The van der Waals surface area contributed by atoms with Crippen molar-refractivity contribution >= 4 is 46.9 Å². The number of carbonyl (C=O) groups is 3. The Kier molecular flexibility index (Phi) is 12.1. The highest BCUT2D eigenvalue weighted by atomic mass is 32.2. The first-order chi connectivity index (χ1) is 26.3. The standard InChI is InChI=1S/C43H37N3O7S/c1-50-31-20-25-39(52-3)35(26-31)45-43(49)40(28-12-6-4-7-13-28)54-33-22-18-30(19-23-33)44-42(48)36(46-41(47)29-14-8-5-9-15-29)27-32-21-24-38(53-32)34-16-10-11-17-37(34)51-2/h4-27,40H,1-3H3,(H,44,48)(H,45,49)(H,46,47)/b36-27-/t40-/m1/s1. The Balaban J connectivity index is 1.22. The molecule has 0 radical (unpaired) electrons. The van der Waals surface area contributed by atoms with Gasteiger partial charge in [-0.3, -0.25) is 14.4 Å². The first-order valence-corrected chi connectivity index (χ1v) is 17.7. The van der Waals surface area contributed by atoms with Gasteiger partial charge in [0.05, 0.1) is 32.6 Å². The highest BCUT2D eigenvalue weighted by molar-refractivity contribution is 8.00. The van der Waals surface area contributed by atoms with E-state index in [9.17, 15) is 14.4 Å². The highest BCUT2D eigenvalue weighted by Gasteiger charge is 2.24. The van der Waals surface area contributed by atoms with Gasteiger partial charge in [0, 0.05) is 28.3 Å². The van der Waals surface area contributed by atoms with Gasteiger partial charge >= 0.3 is 0 Å². The average Bonchev–Trinajstić information content (AvgIpc) is 3.69. The van der Waals surface area contributed by atoms with Crippen LogP contribution < -0.4 is 30.2 Å². The molecule has 10 nitrogen and oxygen atoms in total. The molecule has 0 spiro atoms. The van der Waals surface area contributed by atoms with Gasteiger partial charge < -0.3 is 34.6 Å². The fourth-order valence-corrected chi connectivity index (χ4v) is 6.49. The van der Waals surface area contributed by atoms with Crippen LogP contribution in [0, 0.1) is 0 Å². The minimum Gasteiger partial charge on any atom is -0.497 e. The summed E-state index contributed by atoms with van der Waals surface area (Å²) in [6.07, 6.45) is 1.47. The molecule has 6 rings (SSSR count). The molecule has 54 heavy (non-hydrogen) atoms. The lowest BCUT2D eigenvalue weighted by Crippen LogP contribution is -2.30. The van der Waals surface area contributed by atoms with Crippen molar-refractivity contribution in [2.45, 2.75) is 10.1 Å². The number of rotatable bonds is 14. The maximum absolute atomic E-state index is 13.8. The zero-order valence-electron chi connectivity index (χ0n) is 29.7. The van der Waals surface area contributed by atoms with Crippen LogP contribution in [-0.2, 0) is 9.59 Å². The second-order valence-electron chi connectivity index (χ2n) is 11.7. The van der Waals surface area contributed by atoms with Crippen LogP contribution in [0.25, 0.3) is 17.4 Å². The minimum atomic E-state index is -0.626. The number of hydrogen-bond acceptors (Lipinski definition) is 8. The van der Waals surface area contributed by atoms with E-state index in [0.29, 0.717) is 45.7 Å². The van der Waals surface area contributed by atoms with Gasteiger partial charge in [-0.1, -0.05) is 60.7 Å². The van der Waals surface area contributed by atoms with Crippen LogP contribution in [0.5, 0.6) is 17.2 Å². The SMILES string of the molecule is COc1ccc(OC)c(NC(=O)[C@H](Sc2ccc(NC(=O)/C(=C/c3ccc(-c4ccccc4OC)o3)NC(=O)c3ccccc3)cc2)c2ccccc2)c1. The fourth-order valence-electron chi connectivity index (χ4n) is 5.47. The van der Waals surface area contributed by atoms with Crippen LogP contribution >= 0.6 is 11.8 Å².